The number of aromatic nitrogens is 1. The Morgan fingerprint density at radius 2 is 1.86 bits per heavy atom. The summed E-state index contributed by atoms with van der Waals surface area (Å²) in [5, 5.41) is 13.3. The summed E-state index contributed by atoms with van der Waals surface area (Å²) in [5.74, 6) is -2.35. The van der Waals surface area contributed by atoms with Gasteiger partial charge in [-0.15, -0.1) is 0 Å². The maximum absolute atomic E-state index is 15.3. The highest BCUT2D eigenvalue weighted by Crippen LogP contribution is 2.38. The van der Waals surface area contributed by atoms with Crippen LogP contribution in [0.5, 0.6) is 0 Å². The third-order valence-corrected chi connectivity index (χ3v) is 7.01. The van der Waals surface area contributed by atoms with Crippen LogP contribution in [0.4, 0.5) is 10.1 Å². The first-order valence-electron chi connectivity index (χ1n) is 12.4. The lowest BCUT2D eigenvalue weighted by atomic mass is 10.1. The van der Waals surface area contributed by atoms with E-state index in [1.165, 1.54) is 24.5 Å². The average Bonchev–Trinajstić information content (AvgIpc) is 3.74. The average molecular weight is 506 g/mol. The number of carboxylic acids is 1. The Kier molecular flexibility index (Phi) is 6.75. The fourth-order valence-corrected chi connectivity index (χ4v) is 4.75. The molecule has 1 saturated carbocycles. The summed E-state index contributed by atoms with van der Waals surface area (Å²) in [6.45, 7) is 6.16. The van der Waals surface area contributed by atoms with Gasteiger partial charge in [-0.1, -0.05) is 25.1 Å². The van der Waals surface area contributed by atoms with Gasteiger partial charge >= 0.3 is 5.97 Å². The number of hydrogen-bond donors (Lipinski definition) is 2. The van der Waals surface area contributed by atoms with Crippen molar-refractivity contribution in [3.05, 3.63) is 75.3 Å². The molecule has 2 heterocycles. The number of anilines is 1. The zero-order chi connectivity index (χ0) is 26.1. The van der Waals surface area contributed by atoms with E-state index in [9.17, 15) is 19.5 Å². The molecule has 1 amide bonds. The van der Waals surface area contributed by atoms with Gasteiger partial charge in [0.05, 0.1) is 23.0 Å². The number of nitrogens with one attached hydrogen (secondary N) is 1. The van der Waals surface area contributed by atoms with Crippen LogP contribution in [0.1, 0.15) is 52.1 Å². The Morgan fingerprint density at radius 1 is 1.14 bits per heavy atom. The van der Waals surface area contributed by atoms with Crippen LogP contribution < -0.4 is 15.8 Å². The second-order valence-electron chi connectivity index (χ2n) is 9.34. The lowest BCUT2D eigenvalue weighted by Gasteiger charge is -2.35. The first-order chi connectivity index (χ1) is 17.9. The van der Waals surface area contributed by atoms with Crippen molar-refractivity contribution < 1.29 is 19.1 Å². The van der Waals surface area contributed by atoms with Gasteiger partial charge in [0, 0.05) is 49.4 Å². The zero-order valence-corrected chi connectivity index (χ0v) is 20.5. The summed E-state index contributed by atoms with van der Waals surface area (Å²) in [7, 11) is 0. The molecule has 3 aromatic rings. The van der Waals surface area contributed by atoms with Crippen LogP contribution in [0.2, 0.25) is 0 Å². The number of carbonyl (C=O) groups is 2. The normalized spacial score (nSPS) is 16.4. The minimum atomic E-state index is -1.12. The SMILES string of the molecule is CCN1CCN(c2cc3c(cc2F)c(=O)c(C(=O)N/N=C\c2ccccc2C(=O)O)cn3C2CC2)CC1. The van der Waals surface area contributed by atoms with Crippen LogP contribution in [0.25, 0.3) is 10.9 Å². The molecule has 37 heavy (non-hydrogen) atoms. The molecule has 0 spiro atoms. The van der Waals surface area contributed by atoms with Gasteiger partial charge in [0.15, 0.2) is 0 Å². The molecule has 10 heteroatoms. The number of pyridine rings is 1. The Labute approximate surface area is 212 Å². The van der Waals surface area contributed by atoms with E-state index in [2.05, 4.69) is 22.4 Å². The molecule has 0 unspecified atom stereocenters. The van der Waals surface area contributed by atoms with E-state index in [0.717, 1.165) is 32.5 Å². The van der Waals surface area contributed by atoms with Crippen molar-refractivity contribution >= 4 is 34.7 Å². The van der Waals surface area contributed by atoms with E-state index < -0.39 is 23.1 Å². The number of benzene rings is 2. The molecule has 0 bridgehead atoms. The number of hydrogen-bond acceptors (Lipinski definition) is 6. The third-order valence-electron chi connectivity index (χ3n) is 7.01. The van der Waals surface area contributed by atoms with Crippen LogP contribution in [0, 0.1) is 5.82 Å². The number of halogens is 1. The highest BCUT2D eigenvalue weighted by molar-refractivity contribution is 6.00. The molecule has 192 valence electrons. The van der Waals surface area contributed by atoms with E-state index in [0.29, 0.717) is 29.9 Å². The summed E-state index contributed by atoms with van der Waals surface area (Å²) in [4.78, 5) is 41.9. The lowest BCUT2D eigenvalue weighted by Crippen LogP contribution is -2.46. The van der Waals surface area contributed by atoms with Crippen molar-refractivity contribution in [2.45, 2.75) is 25.8 Å². The van der Waals surface area contributed by atoms with Crippen LogP contribution in [-0.2, 0) is 0 Å². The molecular formula is C27H28FN5O4. The highest BCUT2D eigenvalue weighted by atomic mass is 19.1. The summed E-state index contributed by atoms with van der Waals surface area (Å²) >= 11 is 0. The fourth-order valence-electron chi connectivity index (χ4n) is 4.75. The largest absolute Gasteiger partial charge is 0.478 e. The molecule has 2 aliphatic rings. The van der Waals surface area contributed by atoms with Crippen molar-refractivity contribution in [3.63, 3.8) is 0 Å². The first kappa shape index (κ1) is 24.6. The zero-order valence-electron chi connectivity index (χ0n) is 20.5. The van der Waals surface area contributed by atoms with Crippen molar-refractivity contribution in [3.8, 4) is 0 Å². The number of amides is 1. The van der Waals surface area contributed by atoms with E-state index in [-0.39, 0.29) is 22.6 Å². The number of carboxylic acid groups (broad SMARTS) is 1. The predicted octanol–water partition coefficient (Wildman–Crippen LogP) is 3.08. The smallest absolute Gasteiger partial charge is 0.336 e. The number of fused-ring (bicyclic) bond motifs is 1. The predicted molar refractivity (Wildman–Crippen MR) is 139 cm³/mol. The van der Waals surface area contributed by atoms with Crippen molar-refractivity contribution in [1.29, 1.82) is 0 Å². The summed E-state index contributed by atoms with van der Waals surface area (Å²) in [6.07, 6.45) is 4.55. The molecule has 0 atom stereocenters. The summed E-state index contributed by atoms with van der Waals surface area (Å²) in [6, 6.07) is 9.32. The number of piperazine rings is 1. The topological polar surface area (TPSA) is 107 Å². The standard InChI is InChI=1S/C27H28FN5O4/c1-2-31-9-11-32(12-10-31)24-14-23-20(13-22(24)28)25(34)21(16-33(23)18-7-8-18)26(35)30-29-15-17-5-3-4-6-19(17)27(36)37/h3-6,13-16,18H,2,7-12H2,1H3,(H,30,35)(H,36,37)/b29-15-. The molecule has 2 fully saturated rings. The van der Waals surface area contributed by atoms with Gasteiger partial charge in [-0.3, -0.25) is 9.59 Å². The monoisotopic (exact) mass is 505 g/mol. The van der Waals surface area contributed by atoms with Crippen LogP contribution >= 0.6 is 0 Å². The third kappa shape index (κ3) is 4.97. The quantitative estimate of drug-likeness (QED) is 0.378. The lowest BCUT2D eigenvalue weighted by molar-refractivity contribution is 0.0696. The summed E-state index contributed by atoms with van der Waals surface area (Å²) < 4.78 is 17.2. The van der Waals surface area contributed by atoms with Gasteiger partial charge in [-0.2, -0.15) is 5.10 Å². The van der Waals surface area contributed by atoms with Gasteiger partial charge < -0.3 is 19.5 Å². The molecule has 1 aromatic heterocycles. The number of carbonyl (C=O) groups excluding carboxylic acids is 1. The van der Waals surface area contributed by atoms with Crippen molar-refractivity contribution in [1.82, 2.24) is 14.9 Å². The Bertz CT molecular complexity index is 1460. The molecule has 1 aliphatic heterocycles. The minimum absolute atomic E-state index is 0.0321. The first-order valence-corrected chi connectivity index (χ1v) is 12.4. The molecule has 0 radical (unpaired) electrons. The van der Waals surface area contributed by atoms with Gasteiger partial charge in [0.2, 0.25) is 5.43 Å². The molecular weight excluding hydrogens is 477 g/mol. The second-order valence-corrected chi connectivity index (χ2v) is 9.34. The maximum Gasteiger partial charge on any atom is 0.336 e. The highest BCUT2D eigenvalue weighted by Gasteiger charge is 2.28. The maximum atomic E-state index is 15.3. The van der Waals surface area contributed by atoms with Gasteiger partial charge in [0.1, 0.15) is 11.4 Å². The molecule has 2 aromatic carbocycles. The Hall–Kier alpha value is -4.05. The number of aromatic carboxylic acids is 1. The van der Waals surface area contributed by atoms with E-state index >= 15 is 4.39 Å². The van der Waals surface area contributed by atoms with E-state index in [1.54, 1.807) is 24.3 Å². The molecule has 5 rings (SSSR count). The van der Waals surface area contributed by atoms with E-state index in [1.807, 2.05) is 9.47 Å². The van der Waals surface area contributed by atoms with E-state index in [4.69, 9.17) is 0 Å². The summed E-state index contributed by atoms with van der Waals surface area (Å²) in [5.41, 5.74) is 3.00. The van der Waals surface area contributed by atoms with Gasteiger partial charge in [-0.25, -0.2) is 14.6 Å². The number of likely N-dealkylation sites (N-methyl/N-ethyl adjacent to an activating group) is 1. The Balaban J connectivity index is 1.46. The van der Waals surface area contributed by atoms with Gasteiger partial charge in [-0.05, 0) is 37.6 Å². The van der Waals surface area contributed by atoms with Crippen LogP contribution in [0.15, 0.2) is 52.5 Å². The molecule has 1 saturated heterocycles. The Morgan fingerprint density at radius 3 is 2.54 bits per heavy atom. The molecule has 1 aliphatic carbocycles. The van der Waals surface area contributed by atoms with Gasteiger partial charge in [0.25, 0.3) is 5.91 Å². The van der Waals surface area contributed by atoms with Crippen LogP contribution in [0.3, 0.4) is 0 Å². The van der Waals surface area contributed by atoms with Crippen molar-refractivity contribution in [2.24, 2.45) is 5.10 Å². The molecule has 9 nitrogen and oxygen atoms in total. The number of rotatable bonds is 7. The second kappa shape index (κ2) is 10.1. The number of nitrogens with zero attached hydrogens (tertiary/aromatic N) is 4. The van der Waals surface area contributed by atoms with Crippen LogP contribution in [-0.4, -0.2) is 65.4 Å². The minimum Gasteiger partial charge on any atom is -0.478 e. The molecule has 2 N–H and O–H groups in total. The number of hydrazone groups is 1. The fraction of sp³-hybridized carbons (Fsp3) is 0.333. The van der Waals surface area contributed by atoms with Crippen molar-refractivity contribution in [2.75, 3.05) is 37.6 Å².